The standard InChI is InChI=1S/C34H65N3O6/c1-3-5-7-9-11-13-15-17-21-29(38)27-36(28-30(39)22-18-16-14-12-10-8-6-4-2)26-20-19-23-31(35)34(42)43-37-32(40)24-25-33(37)41/h29-31,38-39H,3-28,35H2,1-2H3/t29-,30-,31+/m1/s1. The Bertz CT molecular complexity index is 693. The van der Waals surface area contributed by atoms with Gasteiger partial charge in [-0.15, -0.1) is 5.06 Å². The number of hydroxylamine groups is 2. The van der Waals surface area contributed by atoms with Gasteiger partial charge in [-0.05, 0) is 32.2 Å². The largest absolute Gasteiger partial charge is 0.392 e. The average Bonchev–Trinajstić information content (AvgIpc) is 3.29. The quantitative estimate of drug-likeness (QED) is 0.0675. The molecule has 0 saturated carbocycles. The molecular formula is C34H65N3O6. The molecule has 1 fully saturated rings. The molecule has 0 aromatic heterocycles. The summed E-state index contributed by atoms with van der Waals surface area (Å²) in [6.45, 7) is 6.20. The summed E-state index contributed by atoms with van der Waals surface area (Å²) < 4.78 is 0. The average molecular weight is 612 g/mol. The van der Waals surface area contributed by atoms with E-state index < -0.39 is 36.0 Å². The molecule has 2 amide bonds. The molecule has 0 radical (unpaired) electrons. The summed E-state index contributed by atoms with van der Waals surface area (Å²) in [5, 5.41) is 22.1. The topological polar surface area (TPSA) is 133 Å². The molecule has 9 heteroatoms. The van der Waals surface area contributed by atoms with E-state index in [9.17, 15) is 24.6 Å². The monoisotopic (exact) mass is 611 g/mol. The van der Waals surface area contributed by atoms with Gasteiger partial charge < -0.3 is 20.8 Å². The number of hydrogen-bond acceptors (Lipinski definition) is 8. The third-order valence-electron chi connectivity index (χ3n) is 8.45. The van der Waals surface area contributed by atoms with E-state index in [4.69, 9.17) is 10.6 Å². The predicted molar refractivity (Wildman–Crippen MR) is 172 cm³/mol. The fourth-order valence-electron chi connectivity index (χ4n) is 5.70. The molecule has 1 heterocycles. The first-order valence-corrected chi connectivity index (χ1v) is 17.7. The van der Waals surface area contributed by atoms with Crippen molar-refractivity contribution in [3.05, 3.63) is 0 Å². The van der Waals surface area contributed by atoms with Crippen LogP contribution in [-0.4, -0.2) is 75.8 Å². The van der Waals surface area contributed by atoms with Crippen molar-refractivity contribution >= 4 is 17.8 Å². The smallest absolute Gasteiger partial charge is 0.349 e. The normalized spacial score (nSPS) is 15.8. The first-order valence-electron chi connectivity index (χ1n) is 17.7. The maximum atomic E-state index is 12.3. The molecule has 252 valence electrons. The predicted octanol–water partition coefficient (Wildman–Crippen LogP) is 6.18. The van der Waals surface area contributed by atoms with Crippen molar-refractivity contribution in [3.8, 4) is 0 Å². The molecule has 4 N–H and O–H groups in total. The molecule has 1 aliphatic rings. The minimum absolute atomic E-state index is 0.0486. The van der Waals surface area contributed by atoms with Gasteiger partial charge in [0.05, 0.1) is 12.2 Å². The highest BCUT2D eigenvalue weighted by Gasteiger charge is 2.34. The number of nitrogens with two attached hydrogens (primary N) is 1. The second-order valence-electron chi connectivity index (χ2n) is 12.7. The van der Waals surface area contributed by atoms with Crippen LogP contribution in [0.2, 0.25) is 0 Å². The fourth-order valence-corrected chi connectivity index (χ4v) is 5.70. The van der Waals surface area contributed by atoms with Crippen LogP contribution in [0.1, 0.15) is 162 Å². The Morgan fingerprint density at radius 2 is 1.09 bits per heavy atom. The lowest BCUT2D eigenvalue weighted by Gasteiger charge is -2.27. The van der Waals surface area contributed by atoms with Crippen LogP contribution in [0.4, 0.5) is 0 Å². The third kappa shape index (κ3) is 20.2. The highest BCUT2D eigenvalue weighted by atomic mass is 16.7. The highest BCUT2D eigenvalue weighted by molar-refractivity contribution is 6.01. The molecule has 0 unspecified atom stereocenters. The van der Waals surface area contributed by atoms with Gasteiger partial charge >= 0.3 is 5.97 Å². The number of aliphatic hydroxyl groups is 2. The first-order chi connectivity index (χ1) is 20.8. The Hall–Kier alpha value is -1.55. The van der Waals surface area contributed by atoms with Crippen LogP contribution in [0.15, 0.2) is 0 Å². The van der Waals surface area contributed by atoms with Crippen LogP contribution in [0.5, 0.6) is 0 Å². The van der Waals surface area contributed by atoms with E-state index in [-0.39, 0.29) is 12.8 Å². The van der Waals surface area contributed by atoms with E-state index in [1.807, 2.05) is 0 Å². The van der Waals surface area contributed by atoms with Crippen molar-refractivity contribution in [2.75, 3.05) is 19.6 Å². The van der Waals surface area contributed by atoms with Gasteiger partial charge in [0.2, 0.25) is 0 Å². The number of hydrogen-bond donors (Lipinski definition) is 3. The van der Waals surface area contributed by atoms with Crippen LogP contribution in [0.3, 0.4) is 0 Å². The van der Waals surface area contributed by atoms with Gasteiger partial charge in [-0.25, -0.2) is 4.79 Å². The van der Waals surface area contributed by atoms with Gasteiger partial charge in [0.1, 0.15) is 6.04 Å². The van der Waals surface area contributed by atoms with Gasteiger partial charge in [0, 0.05) is 25.9 Å². The zero-order chi connectivity index (χ0) is 31.7. The lowest BCUT2D eigenvalue weighted by atomic mass is 10.0. The molecule has 0 bridgehead atoms. The summed E-state index contributed by atoms with van der Waals surface area (Å²) in [6.07, 6.45) is 22.3. The number of nitrogens with zero attached hydrogens (tertiary/aromatic N) is 2. The van der Waals surface area contributed by atoms with Crippen molar-refractivity contribution in [2.45, 2.75) is 180 Å². The summed E-state index contributed by atoms with van der Waals surface area (Å²) in [4.78, 5) is 42.7. The van der Waals surface area contributed by atoms with Crippen LogP contribution in [-0.2, 0) is 19.2 Å². The van der Waals surface area contributed by atoms with Crippen molar-refractivity contribution in [1.29, 1.82) is 0 Å². The lowest BCUT2D eigenvalue weighted by Crippen LogP contribution is -2.40. The Morgan fingerprint density at radius 1 is 0.698 bits per heavy atom. The van der Waals surface area contributed by atoms with Crippen molar-refractivity contribution in [3.63, 3.8) is 0 Å². The third-order valence-corrected chi connectivity index (χ3v) is 8.45. The molecule has 9 nitrogen and oxygen atoms in total. The summed E-state index contributed by atoms with van der Waals surface area (Å²) in [5.41, 5.74) is 5.97. The molecule has 0 aromatic rings. The number of imide groups is 1. The number of carbonyl (C=O) groups is 3. The summed E-state index contributed by atoms with van der Waals surface area (Å²) >= 11 is 0. The number of unbranched alkanes of at least 4 members (excludes halogenated alkanes) is 15. The SMILES string of the molecule is CCCCCCCCCC[C@@H](O)CN(CCCC[C@H](N)C(=O)ON1C(=O)CCC1=O)C[C@H](O)CCCCCCCCCC. The van der Waals surface area contributed by atoms with Gasteiger partial charge in [-0.1, -0.05) is 123 Å². The van der Waals surface area contributed by atoms with E-state index in [0.29, 0.717) is 37.5 Å². The van der Waals surface area contributed by atoms with Gasteiger partial charge in [-0.3, -0.25) is 14.5 Å². The van der Waals surface area contributed by atoms with Crippen LogP contribution in [0.25, 0.3) is 0 Å². The molecule has 3 atom stereocenters. The Labute approximate surface area is 262 Å². The molecule has 0 aliphatic carbocycles. The Morgan fingerprint density at radius 3 is 1.53 bits per heavy atom. The molecule has 1 rings (SSSR count). The van der Waals surface area contributed by atoms with E-state index in [0.717, 1.165) is 44.9 Å². The number of rotatable bonds is 29. The van der Waals surface area contributed by atoms with Crippen LogP contribution >= 0.6 is 0 Å². The minimum Gasteiger partial charge on any atom is -0.392 e. The molecule has 43 heavy (non-hydrogen) atoms. The fraction of sp³-hybridized carbons (Fsp3) is 0.912. The minimum atomic E-state index is -0.922. The maximum absolute atomic E-state index is 12.3. The Kier molecular flexibility index (Phi) is 23.6. The Balaban J connectivity index is 2.41. The van der Waals surface area contributed by atoms with Gasteiger partial charge in [-0.2, -0.15) is 0 Å². The second-order valence-corrected chi connectivity index (χ2v) is 12.7. The maximum Gasteiger partial charge on any atom is 0.349 e. The summed E-state index contributed by atoms with van der Waals surface area (Å²) in [7, 11) is 0. The highest BCUT2D eigenvalue weighted by Crippen LogP contribution is 2.16. The molecular weight excluding hydrogens is 546 g/mol. The number of amides is 2. The number of aliphatic hydroxyl groups excluding tert-OH is 2. The molecule has 0 aromatic carbocycles. The first kappa shape index (κ1) is 39.5. The van der Waals surface area contributed by atoms with Crippen molar-refractivity contribution in [2.24, 2.45) is 5.73 Å². The van der Waals surface area contributed by atoms with E-state index in [1.165, 1.54) is 77.0 Å². The molecule has 0 spiro atoms. The number of carbonyl (C=O) groups excluding carboxylic acids is 3. The zero-order valence-corrected chi connectivity index (χ0v) is 27.6. The molecule has 1 aliphatic heterocycles. The van der Waals surface area contributed by atoms with E-state index in [2.05, 4.69) is 18.7 Å². The summed E-state index contributed by atoms with van der Waals surface area (Å²) in [5.74, 6) is -1.81. The van der Waals surface area contributed by atoms with Crippen molar-refractivity contribution < 1.29 is 29.4 Å². The lowest BCUT2D eigenvalue weighted by molar-refractivity contribution is -0.198. The van der Waals surface area contributed by atoms with Crippen LogP contribution in [0, 0.1) is 0 Å². The van der Waals surface area contributed by atoms with Gasteiger partial charge in [0.15, 0.2) is 0 Å². The van der Waals surface area contributed by atoms with Crippen LogP contribution < -0.4 is 5.73 Å². The van der Waals surface area contributed by atoms with E-state index in [1.54, 1.807) is 0 Å². The summed E-state index contributed by atoms with van der Waals surface area (Å²) in [6, 6.07) is -0.922. The second kappa shape index (κ2) is 25.7. The zero-order valence-electron chi connectivity index (χ0n) is 27.6. The van der Waals surface area contributed by atoms with Crippen molar-refractivity contribution in [1.82, 2.24) is 9.96 Å². The van der Waals surface area contributed by atoms with E-state index >= 15 is 0 Å². The van der Waals surface area contributed by atoms with Gasteiger partial charge in [0.25, 0.3) is 11.8 Å². The molecule has 1 saturated heterocycles.